The number of carbonyl (C=O) groups is 6. The largest absolute Gasteiger partial charge is 0.336 e. The van der Waals surface area contributed by atoms with E-state index in [0.29, 0.717) is 22.9 Å². The van der Waals surface area contributed by atoms with Crippen LogP contribution in [-0.4, -0.2) is 83.3 Å². The number of urea groups is 2. The van der Waals surface area contributed by atoms with Crippen molar-refractivity contribution in [3.63, 3.8) is 0 Å². The van der Waals surface area contributed by atoms with Gasteiger partial charge in [0.05, 0.1) is 13.1 Å². The lowest BCUT2D eigenvalue weighted by atomic mass is 9.77. The van der Waals surface area contributed by atoms with Crippen molar-refractivity contribution in [2.24, 2.45) is 20.8 Å². The fraction of sp³-hybridized carbons (Fsp3) is 0.636. The summed E-state index contributed by atoms with van der Waals surface area (Å²) in [7, 11) is 0. The molecule has 13 nitrogen and oxygen atoms in total. The number of fused-ring (bicyclic) bond motifs is 2. The number of rotatable bonds is 4. The lowest BCUT2D eigenvalue weighted by Crippen LogP contribution is -2.70. The standard InChI is InChI=1S/C22H31N7O6/c1-5-21(6-2)15-24-11-9-23-10-12-25-16-22(7-3,8-4)18(33)27-20(35)29(16)14(31)13(30)28(15)19(34)26-17(21)32/h23H,5-12H2,1-4H3,(H,26,32,34)(H,27,33,35). The third-order valence-electron chi connectivity index (χ3n) is 7.10. The Balaban J connectivity index is 2.20. The van der Waals surface area contributed by atoms with Crippen LogP contribution in [0.15, 0.2) is 9.98 Å². The summed E-state index contributed by atoms with van der Waals surface area (Å²) in [6.45, 7) is 7.82. The normalized spacial score (nSPS) is 23.1. The van der Waals surface area contributed by atoms with E-state index in [1.807, 2.05) is 0 Å². The lowest BCUT2D eigenvalue weighted by molar-refractivity contribution is -0.146. The minimum absolute atomic E-state index is 0.128. The summed E-state index contributed by atoms with van der Waals surface area (Å²) in [6, 6.07) is -2.26. The Morgan fingerprint density at radius 1 is 0.657 bits per heavy atom. The van der Waals surface area contributed by atoms with Gasteiger partial charge in [0.25, 0.3) is 0 Å². The molecule has 0 radical (unpaired) electrons. The second-order valence-corrected chi connectivity index (χ2v) is 8.54. The molecule has 0 unspecified atom stereocenters. The van der Waals surface area contributed by atoms with Crippen molar-refractivity contribution in [3.05, 3.63) is 0 Å². The fourth-order valence-corrected chi connectivity index (χ4v) is 4.76. The third-order valence-corrected chi connectivity index (χ3v) is 7.10. The molecule has 35 heavy (non-hydrogen) atoms. The van der Waals surface area contributed by atoms with Crippen molar-refractivity contribution in [2.75, 3.05) is 26.2 Å². The second-order valence-electron chi connectivity index (χ2n) is 8.54. The number of nitrogens with one attached hydrogen (secondary N) is 3. The molecule has 0 aromatic carbocycles. The number of aliphatic imine (C=N–C) groups is 2. The summed E-state index contributed by atoms with van der Waals surface area (Å²) < 4.78 is 0. The number of imide groups is 4. The van der Waals surface area contributed by atoms with E-state index < -0.39 is 46.5 Å². The maximum Gasteiger partial charge on any atom is 0.336 e. The molecule has 2 fully saturated rings. The average molecular weight is 490 g/mol. The molecule has 3 rings (SSSR count). The first kappa shape index (κ1) is 26.1. The highest BCUT2D eigenvalue weighted by atomic mass is 16.2. The van der Waals surface area contributed by atoms with Gasteiger partial charge in [0, 0.05) is 13.1 Å². The molecule has 3 aliphatic rings. The van der Waals surface area contributed by atoms with Crippen LogP contribution in [0, 0.1) is 10.8 Å². The maximum atomic E-state index is 13.5. The van der Waals surface area contributed by atoms with Crippen LogP contribution >= 0.6 is 0 Å². The third kappa shape index (κ3) is 4.03. The molecule has 0 bridgehead atoms. The maximum absolute atomic E-state index is 13.5. The van der Waals surface area contributed by atoms with Gasteiger partial charge in [-0.25, -0.2) is 19.4 Å². The molecular formula is C22H31N7O6. The average Bonchev–Trinajstić information content (AvgIpc) is 2.84. The Labute approximate surface area is 202 Å². The first-order valence-corrected chi connectivity index (χ1v) is 11.8. The molecule has 0 aromatic heterocycles. The number of amidine groups is 2. The summed E-state index contributed by atoms with van der Waals surface area (Å²) in [4.78, 5) is 88.4. The molecule has 3 aliphatic heterocycles. The van der Waals surface area contributed by atoms with Crippen LogP contribution < -0.4 is 16.0 Å². The van der Waals surface area contributed by atoms with Crippen LogP contribution in [0.1, 0.15) is 53.4 Å². The van der Waals surface area contributed by atoms with Gasteiger partial charge in [-0.15, -0.1) is 0 Å². The zero-order valence-electron chi connectivity index (χ0n) is 20.4. The molecule has 0 aromatic rings. The molecule has 2 saturated heterocycles. The van der Waals surface area contributed by atoms with Crippen molar-refractivity contribution in [1.82, 2.24) is 25.8 Å². The van der Waals surface area contributed by atoms with Gasteiger partial charge in [0.15, 0.2) is 0 Å². The highest BCUT2D eigenvalue weighted by Crippen LogP contribution is 2.36. The highest BCUT2D eigenvalue weighted by Gasteiger charge is 2.56. The molecule has 0 aliphatic carbocycles. The van der Waals surface area contributed by atoms with E-state index >= 15 is 0 Å². The number of amides is 8. The van der Waals surface area contributed by atoms with Gasteiger partial charge < -0.3 is 5.32 Å². The molecule has 3 heterocycles. The summed E-state index contributed by atoms with van der Waals surface area (Å²) in [6.07, 6.45) is 0.861. The molecule has 3 N–H and O–H groups in total. The Kier molecular flexibility index (Phi) is 7.48. The molecule has 190 valence electrons. The van der Waals surface area contributed by atoms with Crippen LogP contribution in [0.2, 0.25) is 0 Å². The Morgan fingerprint density at radius 3 is 1.31 bits per heavy atom. The highest BCUT2D eigenvalue weighted by molar-refractivity contribution is 6.49. The van der Waals surface area contributed by atoms with Crippen LogP contribution in [-0.2, 0) is 19.2 Å². The van der Waals surface area contributed by atoms with Gasteiger partial charge in [0.2, 0.25) is 11.8 Å². The zero-order chi connectivity index (χ0) is 26.0. The quantitative estimate of drug-likeness (QED) is 0.472. The Morgan fingerprint density at radius 2 is 1.00 bits per heavy atom. The number of carbonyl (C=O) groups excluding carboxylic acids is 6. The van der Waals surface area contributed by atoms with E-state index in [0.717, 1.165) is 0 Å². The van der Waals surface area contributed by atoms with Crippen molar-refractivity contribution in [3.8, 4) is 0 Å². The van der Waals surface area contributed by atoms with Gasteiger partial charge in [-0.2, -0.15) is 0 Å². The monoisotopic (exact) mass is 489 g/mol. The lowest BCUT2D eigenvalue weighted by Gasteiger charge is -2.42. The Bertz CT molecular complexity index is 945. The summed E-state index contributed by atoms with van der Waals surface area (Å²) in [5.74, 6) is -4.24. The molecule has 0 saturated carbocycles. The fourth-order valence-electron chi connectivity index (χ4n) is 4.76. The summed E-state index contributed by atoms with van der Waals surface area (Å²) >= 11 is 0. The van der Waals surface area contributed by atoms with Gasteiger partial charge in [-0.3, -0.25) is 39.8 Å². The van der Waals surface area contributed by atoms with Crippen LogP contribution in [0.5, 0.6) is 0 Å². The van der Waals surface area contributed by atoms with Gasteiger partial charge in [-0.1, -0.05) is 27.7 Å². The van der Waals surface area contributed by atoms with E-state index in [9.17, 15) is 28.8 Å². The van der Waals surface area contributed by atoms with Gasteiger partial charge in [-0.05, 0) is 25.7 Å². The summed E-state index contributed by atoms with van der Waals surface area (Å²) in [5.41, 5.74) is -2.64. The predicted octanol–water partition coefficient (Wildman–Crippen LogP) is 0.156. The first-order valence-electron chi connectivity index (χ1n) is 11.8. The van der Waals surface area contributed by atoms with Crippen LogP contribution in [0.4, 0.5) is 9.59 Å². The van der Waals surface area contributed by atoms with Crippen LogP contribution in [0.25, 0.3) is 0 Å². The van der Waals surface area contributed by atoms with Crippen molar-refractivity contribution in [2.45, 2.75) is 53.4 Å². The first-order chi connectivity index (χ1) is 16.6. The number of hydrogen-bond acceptors (Lipinski definition) is 9. The topological polar surface area (TPSA) is 170 Å². The van der Waals surface area contributed by atoms with E-state index in [1.54, 1.807) is 27.7 Å². The van der Waals surface area contributed by atoms with Gasteiger partial charge >= 0.3 is 23.9 Å². The van der Waals surface area contributed by atoms with E-state index in [2.05, 4.69) is 25.9 Å². The predicted molar refractivity (Wildman–Crippen MR) is 124 cm³/mol. The SMILES string of the molecule is CCC1(CC)C(=O)NC(=O)N2C(=O)C(=O)N3C(=O)NC(=O)C(CC)(CC)C3=NCCNCCN=C21. The molecule has 13 heteroatoms. The van der Waals surface area contributed by atoms with Crippen LogP contribution in [0.3, 0.4) is 0 Å². The molecule has 0 spiro atoms. The zero-order valence-corrected chi connectivity index (χ0v) is 20.4. The smallest absolute Gasteiger partial charge is 0.313 e. The van der Waals surface area contributed by atoms with E-state index in [4.69, 9.17) is 0 Å². The van der Waals surface area contributed by atoms with Crippen molar-refractivity contribution < 1.29 is 28.8 Å². The van der Waals surface area contributed by atoms with Gasteiger partial charge in [0.1, 0.15) is 22.5 Å². The minimum atomic E-state index is -1.37. The number of nitrogens with zero attached hydrogens (tertiary/aromatic N) is 4. The van der Waals surface area contributed by atoms with Crippen molar-refractivity contribution in [1.29, 1.82) is 0 Å². The minimum Gasteiger partial charge on any atom is -0.313 e. The molecule has 8 amide bonds. The Hall–Kier alpha value is -3.48. The molecular weight excluding hydrogens is 458 g/mol. The second kappa shape index (κ2) is 10.0. The summed E-state index contributed by atoms with van der Waals surface area (Å²) in [5, 5.41) is 7.42. The van der Waals surface area contributed by atoms with E-state index in [-0.39, 0.29) is 50.4 Å². The van der Waals surface area contributed by atoms with E-state index in [1.165, 1.54) is 0 Å². The number of hydrogen-bond donors (Lipinski definition) is 3. The molecule has 0 atom stereocenters. The van der Waals surface area contributed by atoms with Crippen molar-refractivity contribution >= 4 is 47.4 Å².